The Hall–Kier alpha value is -0.900. The van der Waals surface area contributed by atoms with Gasteiger partial charge in [0.2, 0.25) is 0 Å². The van der Waals surface area contributed by atoms with Crippen LogP contribution in [0, 0.1) is 0 Å². The molecule has 0 unspecified atom stereocenters. The molecule has 1 aromatic rings. The molecular weight excluding hydrogens is 212 g/mol. The zero-order valence-electron chi connectivity index (χ0n) is 10.6. The molecule has 1 fully saturated rings. The van der Waals surface area contributed by atoms with Gasteiger partial charge in [-0.15, -0.1) is 0 Å². The van der Waals surface area contributed by atoms with Gasteiger partial charge in [0, 0.05) is 19.6 Å². The van der Waals surface area contributed by atoms with Gasteiger partial charge >= 0.3 is 0 Å². The van der Waals surface area contributed by atoms with Crippen molar-refractivity contribution in [2.24, 2.45) is 5.73 Å². The number of benzene rings is 1. The average Bonchev–Trinajstić information content (AvgIpc) is 2.38. The number of nitrogens with two attached hydrogens (primary N) is 1. The molecule has 2 N–H and O–H groups in total. The van der Waals surface area contributed by atoms with Crippen LogP contribution in [0.15, 0.2) is 24.3 Å². The van der Waals surface area contributed by atoms with E-state index in [2.05, 4.69) is 24.1 Å². The molecule has 0 spiro atoms. The first kappa shape index (κ1) is 12.6. The van der Waals surface area contributed by atoms with Crippen molar-refractivity contribution < 1.29 is 4.74 Å². The van der Waals surface area contributed by atoms with Gasteiger partial charge in [-0.2, -0.15) is 0 Å². The van der Waals surface area contributed by atoms with Crippen LogP contribution in [-0.4, -0.2) is 31.1 Å². The molecule has 1 aliphatic heterocycles. The van der Waals surface area contributed by atoms with Crippen LogP contribution in [0.2, 0.25) is 0 Å². The normalized spacial score (nSPS) is 18.5. The van der Waals surface area contributed by atoms with Gasteiger partial charge in [-0.05, 0) is 31.0 Å². The number of rotatable bonds is 4. The molecule has 94 valence electrons. The summed E-state index contributed by atoms with van der Waals surface area (Å²) in [6, 6.07) is 8.26. The van der Waals surface area contributed by atoms with Gasteiger partial charge in [0.05, 0.1) is 12.7 Å². The lowest BCUT2D eigenvalue weighted by atomic mass is 10.1. The van der Waals surface area contributed by atoms with Crippen molar-refractivity contribution in [2.75, 3.05) is 20.1 Å². The van der Waals surface area contributed by atoms with E-state index >= 15 is 0 Å². The van der Waals surface area contributed by atoms with Crippen LogP contribution in [0.4, 0.5) is 0 Å². The lowest BCUT2D eigenvalue weighted by Gasteiger charge is -2.29. The van der Waals surface area contributed by atoms with Crippen LogP contribution in [-0.2, 0) is 17.9 Å². The summed E-state index contributed by atoms with van der Waals surface area (Å²) in [7, 11) is 2.17. The van der Waals surface area contributed by atoms with E-state index in [-0.39, 0.29) is 0 Å². The average molecular weight is 234 g/mol. The Labute approximate surface area is 104 Å². The fraction of sp³-hybridized carbons (Fsp3) is 0.571. The lowest BCUT2D eigenvalue weighted by molar-refractivity contribution is 0.00187. The smallest absolute Gasteiger partial charge is 0.0723 e. The maximum absolute atomic E-state index is 5.98. The number of hydrogen-bond acceptors (Lipinski definition) is 3. The summed E-state index contributed by atoms with van der Waals surface area (Å²) in [6.07, 6.45) is 2.69. The van der Waals surface area contributed by atoms with Crippen LogP contribution in [0.25, 0.3) is 0 Å². The number of piperidine rings is 1. The van der Waals surface area contributed by atoms with E-state index in [1.165, 1.54) is 11.1 Å². The molecule has 0 radical (unpaired) electrons. The first-order chi connectivity index (χ1) is 8.29. The van der Waals surface area contributed by atoms with Crippen LogP contribution in [0.1, 0.15) is 24.0 Å². The molecule has 0 aromatic heterocycles. The summed E-state index contributed by atoms with van der Waals surface area (Å²) in [5.74, 6) is 0. The van der Waals surface area contributed by atoms with E-state index in [1.54, 1.807) is 0 Å². The Morgan fingerprint density at radius 2 is 1.88 bits per heavy atom. The van der Waals surface area contributed by atoms with Gasteiger partial charge in [0.15, 0.2) is 0 Å². The lowest BCUT2D eigenvalue weighted by Crippen LogP contribution is -2.34. The second-order valence-corrected chi connectivity index (χ2v) is 4.79. The van der Waals surface area contributed by atoms with Gasteiger partial charge < -0.3 is 15.4 Å². The van der Waals surface area contributed by atoms with Gasteiger partial charge in [-0.3, -0.25) is 0 Å². The number of nitrogens with zero attached hydrogens (tertiary/aromatic N) is 1. The van der Waals surface area contributed by atoms with Gasteiger partial charge in [0.1, 0.15) is 0 Å². The Bertz CT molecular complexity index is 346. The molecule has 1 saturated heterocycles. The Morgan fingerprint density at radius 1 is 1.24 bits per heavy atom. The van der Waals surface area contributed by atoms with Crippen molar-refractivity contribution in [1.29, 1.82) is 0 Å². The zero-order chi connectivity index (χ0) is 12.1. The fourth-order valence-corrected chi connectivity index (χ4v) is 2.26. The molecular formula is C14H22N2O. The van der Waals surface area contributed by atoms with E-state index in [0.717, 1.165) is 25.9 Å². The van der Waals surface area contributed by atoms with Crippen molar-refractivity contribution in [1.82, 2.24) is 4.90 Å². The molecule has 1 aliphatic rings. The SMILES string of the molecule is CN1CCC(OCc2ccccc2CN)CC1. The molecule has 1 aromatic carbocycles. The van der Waals surface area contributed by atoms with Crippen LogP contribution in [0.3, 0.4) is 0 Å². The van der Waals surface area contributed by atoms with E-state index in [4.69, 9.17) is 10.5 Å². The molecule has 0 bridgehead atoms. The van der Waals surface area contributed by atoms with Crippen molar-refractivity contribution in [2.45, 2.75) is 32.1 Å². The quantitative estimate of drug-likeness (QED) is 0.862. The predicted octanol–water partition coefficient (Wildman–Crippen LogP) is 1.76. The number of hydrogen-bond donors (Lipinski definition) is 1. The maximum atomic E-state index is 5.98. The van der Waals surface area contributed by atoms with Crippen molar-refractivity contribution in [3.05, 3.63) is 35.4 Å². The first-order valence-electron chi connectivity index (χ1n) is 6.36. The molecule has 0 atom stereocenters. The van der Waals surface area contributed by atoms with Crippen molar-refractivity contribution >= 4 is 0 Å². The van der Waals surface area contributed by atoms with E-state index in [0.29, 0.717) is 19.3 Å². The largest absolute Gasteiger partial charge is 0.373 e. The van der Waals surface area contributed by atoms with E-state index < -0.39 is 0 Å². The third-order valence-electron chi connectivity index (χ3n) is 3.48. The molecule has 3 heteroatoms. The molecule has 3 nitrogen and oxygen atoms in total. The fourth-order valence-electron chi connectivity index (χ4n) is 2.26. The third-order valence-corrected chi connectivity index (χ3v) is 3.48. The topological polar surface area (TPSA) is 38.5 Å². The highest BCUT2D eigenvalue weighted by Gasteiger charge is 2.17. The van der Waals surface area contributed by atoms with Crippen LogP contribution in [0.5, 0.6) is 0 Å². The van der Waals surface area contributed by atoms with E-state index in [9.17, 15) is 0 Å². The molecule has 1 heterocycles. The minimum atomic E-state index is 0.414. The summed E-state index contributed by atoms with van der Waals surface area (Å²) in [5, 5.41) is 0. The Kier molecular flexibility index (Phi) is 4.54. The highest BCUT2D eigenvalue weighted by atomic mass is 16.5. The van der Waals surface area contributed by atoms with Gasteiger partial charge in [0.25, 0.3) is 0 Å². The molecule has 0 amide bonds. The number of ether oxygens (including phenoxy) is 1. The van der Waals surface area contributed by atoms with Gasteiger partial charge in [-0.25, -0.2) is 0 Å². The van der Waals surface area contributed by atoms with Gasteiger partial charge in [-0.1, -0.05) is 24.3 Å². The summed E-state index contributed by atoms with van der Waals surface area (Å²) < 4.78 is 5.98. The molecule has 2 rings (SSSR count). The minimum Gasteiger partial charge on any atom is -0.373 e. The van der Waals surface area contributed by atoms with Crippen molar-refractivity contribution in [3.8, 4) is 0 Å². The standard InChI is InChI=1S/C14H22N2O/c1-16-8-6-14(7-9-16)17-11-13-5-3-2-4-12(13)10-15/h2-5,14H,6-11,15H2,1H3. The number of likely N-dealkylation sites (tertiary alicyclic amines) is 1. The summed E-state index contributed by atoms with van der Waals surface area (Å²) >= 11 is 0. The second kappa shape index (κ2) is 6.15. The Morgan fingerprint density at radius 3 is 2.53 bits per heavy atom. The first-order valence-corrected chi connectivity index (χ1v) is 6.36. The van der Waals surface area contributed by atoms with E-state index in [1.807, 2.05) is 12.1 Å². The highest BCUT2D eigenvalue weighted by Crippen LogP contribution is 2.16. The Balaban J connectivity index is 1.85. The van der Waals surface area contributed by atoms with Crippen LogP contribution < -0.4 is 5.73 Å². The summed E-state index contributed by atoms with van der Waals surface area (Å²) in [4.78, 5) is 2.35. The second-order valence-electron chi connectivity index (χ2n) is 4.79. The summed E-state index contributed by atoms with van der Waals surface area (Å²) in [6.45, 7) is 3.57. The zero-order valence-corrected chi connectivity index (χ0v) is 10.6. The molecule has 17 heavy (non-hydrogen) atoms. The highest BCUT2D eigenvalue weighted by molar-refractivity contribution is 5.26. The summed E-state index contributed by atoms with van der Waals surface area (Å²) in [5.41, 5.74) is 8.14. The minimum absolute atomic E-state index is 0.414. The monoisotopic (exact) mass is 234 g/mol. The third kappa shape index (κ3) is 3.53. The maximum Gasteiger partial charge on any atom is 0.0723 e. The molecule has 0 saturated carbocycles. The predicted molar refractivity (Wildman–Crippen MR) is 69.6 cm³/mol. The molecule has 0 aliphatic carbocycles. The van der Waals surface area contributed by atoms with Crippen LogP contribution >= 0.6 is 0 Å². The van der Waals surface area contributed by atoms with Crippen molar-refractivity contribution in [3.63, 3.8) is 0 Å².